The lowest BCUT2D eigenvalue weighted by molar-refractivity contribution is 0.0779. The molecule has 2 N–H and O–H groups in total. The Kier molecular flexibility index (Phi) is 7.05. The van der Waals surface area contributed by atoms with Crippen molar-refractivity contribution in [2.24, 2.45) is 23.5 Å². The Morgan fingerprint density at radius 1 is 1.35 bits per heavy atom. The molecule has 0 radical (unpaired) electrons. The Balaban J connectivity index is 0.00000243. The van der Waals surface area contributed by atoms with Gasteiger partial charge in [-0.1, -0.05) is 25.4 Å². The molecule has 2 fully saturated rings. The van der Waals surface area contributed by atoms with Crippen LogP contribution in [-0.4, -0.2) is 43.7 Å². The Labute approximate surface area is 166 Å². The van der Waals surface area contributed by atoms with Crippen molar-refractivity contribution in [1.29, 1.82) is 0 Å². The first-order valence-corrected chi connectivity index (χ1v) is 9.33. The summed E-state index contributed by atoms with van der Waals surface area (Å²) in [6.07, 6.45) is 2.18. The van der Waals surface area contributed by atoms with E-state index in [9.17, 15) is 4.79 Å². The molecule has 3 rings (SSSR count). The lowest BCUT2D eigenvalue weighted by atomic mass is 9.98. The van der Waals surface area contributed by atoms with Gasteiger partial charge >= 0.3 is 0 Å². The molecule has 1 aromatic carbocycles. The van der Waals surface area contributed by atoms with Gasteiger partial charge in [0.15, 0.2) is 11.5 Å². The smallest absolute Gasteiger partial charge is 0.254 e. The molecule has 3 atom stereocenters. The van der Waals surface area contributed by atoms with Crippen molar-refractivity contribution in [3.8, 4) is 11.5 Å². The molecule has 0 aromatic heterocycles. The average molecular weight is 403 g/mol. The summed E-state index contributed by atoms with van der Waals surface area (Å²) in [6, 6.07) is 3.61. The number of methoxy groups -OCH3 is 1. The number of amides is 1. The van der Waals surface area contributed by atoms with Crippen LogP contribution in [0.4, 0.5) is 0 Å². The molecule has 1 aliphatic carbocycles. The number of rotatable bonds is 5. The molecule has 3 unspecified atom stereocenters. The fourth-order valence-electron chi connectivity index (χ4n) is 3.89. The van der Waals surface area contributed by atoms with Crippen LogP contribution >= 0.6 is 24.0 Å². The third-order valence-electron chi connectivity index (χ3n) is 5.24. The second-order valence-corrected chi connectivity index (χ2v) is 7.98. The van der Waals surface area contributed by atoms with Gasteiger partial charge in [-0.15, -0.1) is 12.4 Å². The van der Waals surface area contributed by atoms with Gasteiger partial charge in [0.1, 0.15) is 0 Å². The van der Waals surface area contributed by atoms with Crippen molar-refractivity contribution < 1.29 is 14.3 Å². The third kappa shape index (κ3) is 4.21. The van der Waals surface area contributed by atoms with Crippen molar-refractivity contribution >= 4 is 29.9 Å². The molecule has 1 saturated heterocycles. The summed E-state index contributed by atoms with van der Waals surface area (Å²) in [7, 11) is 1.56. The van der Waals surface area contributed by atoms with Crippen molar-refractivity contribution in [1.82, 2.24) is 4.90 Å². The van der Waals surface area contributed by atoms with Gasteiger partial charge in [0.25, 0.3) is 5.91 Å². The fourth-order valence-corrected chi connectivity index (χ4v) is 4.15. The quantitative estimate of drug-likeness (QED) is 0.816. The van der Waals surface area contributed by atoms with Gasteiger partial charge in [0.05, 0.1) is 18.7 Å². The van der Waals surface area contributed by atoms with Crippen molar-refractivity contribution in [3.63, 3.8) is 0 Å². The number of benzene rings is 1. The zero-order valence-corrected chi connectivity index (χ0v) is 17.1. The lowest BCUT2D eigenvalue weighted by Crippen LogP contribution is -2.33. The monoisotopic (exact) mass is 402 g/mol. The molecule has 1 heterocycles. The molecular weight excluding hydrogens is 375 g/mol. The Morgan fingerprint density at radius 2 is 2.08 bits per heavy atom. The van der Waals surface area contributed by atoms with Crippen LogP contribution in [0.15, 0.2) is 12.1 Å². The first-order chi connectivity index (χ1) is 11.9. The van der Waals surface area contributed by atoms with Crippen LogP contribution in [0.5, 0.6) is 11.5 Å². The number of nitrogens with two attached hydrogens (primary N) is 1. The van der Waals surface area contributed by atoms with E-state index in [1.54, 1.807) is 19.2 Å². The van der Waals surface area contributed by atoms with Gasteiger partial charge in [0.2, 0.25) is 0 Å². The molecule has 1 aliphatic heterocycles. The SMILES string of the molecule is COc1cc(C(=O)N2CC3CCC(N)C3C2)cc(Cl)c1OCC(C)C.Cl. The second-order valence-electron chi connectivity index (χ2n) is 7.57. The van der Waals surface area contributed by atoms with Crippen LogP contribution < -0.4 is 15.2 Å². The van der Waals surface area contributed by atoms with E-state index in [1.165, 1.54) is 0 Å². The predicted octanol–water partition coefficient (Wildman–Crippen LogP) is 3.61. The van der Waals surface area contributed by atoms with Gasteiger partial charge in [-0.2, -0.15) is 0 Å². The summed E-state index contributed by atoms with van der Waals surface area (Å²) in [4.78, 5) is 14.8. The van der Waals surface area contributed by atoms with E-state index in [1.807, 2.05) is 4.90 Å². The number of halogens is 2. The molecule has 0 spiro atoms. The maximum Gasteiger partial charge on any atom is 0.254 e. The topological polar surface area (TPSA) is 64.8 Å². The Bertz CT molecular complexity index is 654. The lowest BCUT2D eigenvalue weighted by Gasteiger charge is -2.20. The van der Waals surface area contributed by atoms with Crippen molar-refractivity contribution in [2.45, 2.75) is 32.7 Å². The number of hydrogen-bond acceptors (Lipinski definition) is 4. The first kappa shape index (κ1) is 21.1. The summed E-state index contributed by atoms with van der Waals surface area (Å²) in [5.41, 5.74) is 6.71. The third-order valence-corrected chi connectivity index (χ3v) is 5.52. The van der Waals surface area contributed by atoms with E-state index in [-0.39, 0.29) is 24.4 Å². The van der Waals surface area contributed by atoms with Crippen LogP contribution in [0.25, 0.3) is 0 Å². The fraction of sp³-hybridized carbons (Fsp3) is 0.632. The van der Waals surface area contributed by atoms with Crippen LogP contribution in [0.3, 0.4) is 0 Å². The molecular formula is C19H28Cl2N2O3. The number of carbonyl (C=O) groups excluding carboxylic acids is 1. The zero-order chi connectivity index (χ0) is 18.1. The molecule has 146 valence electrons. The minimum absolute atomic E-state index is 0. The standard InChI is InChI=1S/C19H27ClN2O3.ClH/c1-11(2)10-25-18-15(20)6-13(7-17(18)24-3)19(23)22-8-12-4-5-16(21)14(12)9-22;/h6-7,11-12,14,16H,4-5,8-10,21H2,1-3H3;1H. The maximum absolute atomic E-state index is 12.9. The average Bonchev–Trinajstić information content (AvgIpc) is 3.14. The summed E-state index contributed by atoms with van der Waals surface area (Å²) < 4.78 is 11.2. The highest BCUT2D eigenvalue weighted by Crippen LogP contribution is 2.40. The van der Waals surface area contributed by atoms with Gasteiger partial charge < -0.3 is 20.1 Å². The summed E-state index contributed by atoms with van der Waals surface area (Å²) >= 11 is 6.37. The number of carbonyl (C=O) groups is 1. The van der Waals surface area contributed by atoms with Gasteiger partial charge in [0, 0.05) is 24.7 Å². The second kappa shape index (κ2) is 8.68. The van der Waals surface area contributed by atoms with Gasteiger partial charge in [-0.05, 0) is 42.7 Å². The van der Waals surface area contributed by atoms with Crippen LogP contribution in [0, 0.1) is 17.8 Å². The molecule has 7 heteroatoms. The van der Waals surface area contributed by atoms with E-state index in [4.69, 9.17) is 26.8 Å². The minimum Gasteiger partial charge on any atom is -0.493 e. The highest BCUT2D eigenvalue weighted by molar-refractivity contribution is 6.32. The number of hydrogen-bond donors (Lipinski definition) is 1. The maximum atomic E-state index is 12.9. The van der Waals surface area contributed by atoms with Crippen LogP contribution in [0.2, 0.25) is 5.02 Å². The molecule has 26 heavy (non-hydrogen) atoms. The first-order valence-electron chi connectivity index (χ1n) is 8.95. The number of nitrogens with zero attached hydrogens (tertiary/aromatic N) is 1. The highest BCUT2D eigenvalue weighted by atomic mass is 35.5. The van der Waals surface area contributed by atoms with Gasteiger partial charge in [-0.25, -0.2) is 0 Å². The van der Waals surface area contributed by atoms with E-state index >= 15 is 0 Å². The summed E-state index contributed by atoms with van der Waals surface area (Å²) in [6.45, 7) is 6.18. The van der Waals surface area contributed by atoms with E-state index in [2.05, 4.69) is 13.8 Å². The molecule has 1 aromatic rings. The van der Waals surface area contributed by atoms with E-state index in [0.29, 0.717) is 46.4 Å². The zero-order valence-electron chi connectivity index (χ0n) is 15.5. The highest BCUT2D eigenvalue weighted by Gasteiger charge is 2.42. The van der Waals surface area contributed by atoms with Crippen LogP contribution in [0.1, 0.15) is 37.0 Å². The summed E-state index contributed by atoms with van der Waals surface area (Å²) in [5.74, 6) is 2.30. The number of likely N-dealkylation sites (tertiary alicyclic amines) is 1. The normalized spacial score (nSPS) is 24.4. The van der Waals surface area contributed by atoms with E-state index in [0.717, 1.165) is 25.9 Å². The predicted molar refractivity (Wildman–Crippen MR) is 106 cm³/mol. The molecule has 5 nitrogen and oxygen atoms in total. The van der Waals surface area contributed by atoms with Crippen molar-refractivity contribution in [3.05, 3.63) is 22.7 Å². The molecule has 2 aliphatic rings. The number of fused-ring (bicyclic) bond motifs is 1. The minimum atomic E-state index is -0.0165. The largest absolute Gasteiger partial charge is 0.493 e. The Morgan fingerprint density at radius 3 is 2.69 bits per heavy atom. The summed E-state index contributed by atoms with van der Waals surface area (Å²) in [5, 5.41) is 0.402. The van der Waals surface area contributed by atoms with Crippen molar-refractivity contribution in [2.75, 3.05) is 26.8 Å². The Hall–Kier alpha value is -1.17. The molecule has 1 saturated carbocycles. The van der Waals surface area contributed by atoms with E-state index < -0.39 is 0 Å². The van der Waals surface area contributed by atoms with Crippen LogP contribution in [-0.2, 0) is 0 Å². The number of ether oxygens (including phenoxy) is 2. The molecule has 1 amide bonds. The molecule has 0 bridgehead atoms. The van der Waals surface area contributed by atoms with Gasteiger partial charge in [-0.3, -0.25) is 4.79 Å².